The first-order valence-electron chi connectivity index (χ1n) is 13.5. The summed E-state index contributed by atoms with van der Waals surface area (Å²) in [5.74, 6) is -1.41. The number of hydrogen-bond acceptors (Lipinski definition) is 8. The highest BCUT2D eigenvalue weighted by Crippen LogP contribution is 2.46. The SMILES string of the molecule is CC(C)(C)OC(=O)Nc1sc(C=CC(=O)O)cc1C(=O)N1CCC(N2CCCC3(C2)CC(C)(C)OC3=O)CC1. The normalized spacial score (nSPS) is 24.2. The maximum Gasteiger partial charge on any atom is 0.412 e. The van der Waals surface area contributed by atoms with E-state index in [4.69, 9.17) is 14.6 Å². The highest BCUT2D eigenvalue weighted by atomic mass is 32.1. The Morgan fingerprint density at radius 3 is 2.49 bits per heavy atom. The number of nitrogens with zero attached hydrogens (tertiary/aromatic N) is 2. The molecule has 0 saturated carbocycles. The number of carbonyl (C=O) groups excluding carboxylic acids is 3. The fraction of sp³-hybridized carbons (Fsp3) is 0.643. The number of likely N-dealkylation sites (tertiary alicyclic amines) is 2. The molecule has 1 spiro atoms. The van der Waals surface area contributed by atoms with Crippen LogP contribution < -0.4 is 5.32 Å². The molecule has 2 amide bonds. The number of hydrogen-bond donors (Lipinski definition) is 2. The minimum Gasteiger partial charge on any atom is -0.478 e. The molecule has 0 aliphatic carbocycles. The molecule has 2 N–H and O–H groups in total. The van der Waals surface area contributed by atoms with Gasteiger partial charge >= 0.3 is 18.0 Å². The third-order valence-electron chi connectivity index (χ3n) is 7.43. The Bertz CT molecular complexity index is 1160. The minimum absolute atomic E-state index is 0.0833. The first-order chi connectivity index (χ1) is 18.2. The van der Waals surface area contributed by atoms with Crippen molar-refractivity contribution in [2.45, 2.75) is 84.0 Å². The summed E-state index contributed by atoms with van der Waals surface area (Å²) in [7, 11) is 0. The smallest absolute Gasteiger partial charge is 0.412 e. The molecular formula is C28H39N3O7S. The van der Waals surface area contributed by atoms with Gasteiger partial charge < -0.3 is 19.5 Å². The second-order valence-electron chi connectivity index (χ2n) is 12.4. The molecule has 3 aliphatic heterocycles. The van der Waals surface area contributed by atoms with Crippen LogP contribution in [0, 0.1) is 5.41 Å². The molecule has 0 aromatic carbocycles. The number of thiophene rings is 1. The first kappa shape index (κ1) is 29.1. The van der Waals surface area contributed by atoms with Crippen molar-refractivity contribution < 1.29 is 33.8 Å². The lowest BCUT2D eigenvalue weighted by Gasteiger charge is -2.44. The van der Waals surface area contributed by atoms with Gasteiger partial charge in [0.25, 0.3) is 5.91 Å². The van der Waals surface area contributed by atoms with E-state index in [9.17, 15) is 19.2 Å². The van der Waals surface area contributed by atoms with Crippen LogP contribution in [0.25, 0.3) is 6.08 Å². The van der Waals surface area contributed by atoms with Crippen molar-refractivity contribution in [2.75, 3.05) is 31.5 Å². The molecule has 0 radical (unpaired) electrons. The van der Waals surface area contributed by atoms with E-state index in [1.54, 1.807) is 31.7 Å². The van der Waals surface area contributed by atoms with Crippen LogP contribution in [0.2, 0.25) is 0 Å². The Hall–Kier alpha value is -2.92. The van der Waals surface area contributed by atoms with Crippen LogP contribution >= 0.6 is 11.3 Å². The molecule has 39 heavy (non-hydrogen) atoms. The van der Waals surface area contributed by atoms with Gasteiger partial charge in [0.05, 0.1) is 11.0 Å². The number of esters is 1. The lowest BCUT2D eigenvalue weighted by atomic mass is 9.74. The van der Waals surface area contributed by atoms with E-state index in [0.29, 0.717) is 35.1 Å². The lowest BCUT2D eigenvalue weighted by molar-refractivity contribution is -0.154. The largest absolute Gasteiger partial charge is 0.478 e. The fourth-order valence-corrected chi connectivity index (χ4v) is 6.91. The third kappa shape index (κ3) is 7.00. The first-order valence-corrected chi connectivity index (χ1v) is 14.3. The number of amides is 2. The standard InChI is InChI=1S/C28H39N3O7S/c1-26(2,3)38-25(36)29-22-20(15-19(39-22)7-8-21(32)33)23(34)30-13-9-18(10-14-30)31-12-6-11-28(17-31)16-27(4,5)37-24(28)35/h7-8,15,18H,6,9-14,16-17H2,1-5H3,(H,29,36)(H,32,33). The van der Waals surface area contributed by atoms with Gasteiger partial charge in [-0.2, -0.15) is 0 Å². The van der Waals surface area contributed by atoms with Crippen LogP contribution in [0.4, 0.5) is 9.80 Å². The summed E-state index contributed by atoms with van der Waals surface area (Å²) in [6, 6.07) is 1.88. The lowest BCUT2D eigenvalue weighted by Crippen LogP contribution is -2.53. The van der Waals surface area contributed by atoms with Gasteiger partial charge in [0.1, 0.15) is 16.2 Å². The van der Waals surface area contributed by atoms with Gasteiger partial charge in [-0.3, -0.25) is 19.8 Å². The number of rotatable bonds is 5. The third-order valence-corrected chi connectivity index (χ3v) is 8.44. The van der Waals surface area contributed by atoms with E-state index in [2.05, 4.69) is 10.2 Å². The zero-order valence-electron chi connectivity index (χ0n) is 23.4. The van der Waals surface area contributed by atoms with Crippen LogP contribution in [-0.4, -0.2) is 82.3 Å². The predicted molar refractivity (Wildman–Crippen MR) is 148 cm³/mol. The molecule has 1 aromatic rings. The number of carboxylic acid groups (broad SMARTS) is 1. The Labute approximate surface area is 233 Å². The van der Waals surface area contributed by atoms with Gasteiger partial charge in [-0.25, -0.2) is 9.59 Å². The summed E-state index contributed by atoms with van der Waals surface area (Å²) in [6.45, 7) is 11.9. The topological polar surface area (TPSA) is 125 Å². The van der Waals surface area contributed by atoms with Crippen molar-refractivity contribution in [1.82, 2.24) is 9.80 Å². The van der Waals surface area contributed by atoms with Crippen LogP contribution in [0.5, 0.6) is 0 Å². The van der Waals surface area contributed by atoms with E-state index >= 15 is 0 Å². The van der Waals surface area contributed by atoms with Crippen LogP contribution in [-0.2, 0) is 19.1 Å². The van der Waals surface area contributed by atoms with Crippen LogP contribution in [0.15, 0.2) is 12.1 Å². The minimum atomic E-state index is -1.10. The van der Waals surface area contributed by atoms with Gasteiger partial charge in [-0.15, -0.1) is 11.3 Å². The molecule has 4 heterocycles. The molecule has 1 atom stereocenters. The average Bonchev–Trinajstić information content (AvgIpc) is 3.32. The molecule has 0 bridgehead atoms. The number of nitrogens with one attached hydrogen (secondary N) is 1. The van der Waals surface area contributed by atoms with Gasteiger partial charge in [0, 0.05) is 43.1 Å². The zero-order chi connectivity index (χ0) is 28.6. The summed E-state index contributed by atoms with van der Waals surface area (Å²) in [5.41, 5.74) is -1.27. The molecule has 1 aromatic heterocycles. The Kier molecular flexibility index (Phi) is 8.14. The van der Waals surface area contributed by atoms with E-state index in [1.165, 1.54) is 6.08 Å². The number of carboxylic acids is 1. The van der Waals surface area contributed by atoms with Crippen molar-refractivity contribution in [1.29, 1.82) is 0 Å². The zero-order valence-corrected chi connectivity index (χ0v) is 24.2. The van der Waals surface area contributed by atoms with E-state index in [-0.39, 0.29) is 17.9 Å². The molecule has 3 aliphatic rings. The second-order valence-corrected chi connectivity index (χ2v) is 13.5. The van der Waals surface area contributed by atoms with Crippen LogP contribution in [0.1, 0.15) is 82.0 Å². The van der Waals surface area contributed by atoms with E-state index in [1.807, 2.05) is 13.8 Å². The summed E-state index contributed by atoms with van der Waals surface area (Å²) >= 11 is 1.12. The van der Waals surface area contributed by atoms with Crippen molar-refractivity contribution >= 4 is 46.4 Å². The quantitative estimate of drug-likeness (QED) is 0.395. The van der Waals surface area contributed by atoms with Crippen molar-refractivity contribution in [3.8, 4) is 0 Å². The predicted octanol–water partition coefficient (Wildman–Crippen LogP) is 4.61. The highest BCUT2D eigenvalue weighted by molar-refractivity contribution is 7.17. The van der Waals surface area contributed by atoms with E-state index < -0.39 is 28.7 Å². The molecule has 3 fully saturated rings. The van der Waals surface area contributed by atoms with Gasteiger partial charge in [0.2, 0.25) is 0 Å². The molecule has 4 rings (SSSR count). The maximum absolute atomic E-state index is 13.6. The molecule has 214 valence electrons. The Balaban J connectivity index is 1.43. The number of carbonyl (C=O) groups is 4. The van der Waals surface area contributed by atoms with Crippen molar-refractivity contribution in [3.05, 3.63) is 22.6 Å². The average molecular weight is 562 g/mol. The molecular weight excluding hydrogens is 522 g/mol. The Morgan fingerprint density at radius 1 is 1.21 bits per heavy atom. The summed E-state index contributed by atoms with van der Waals surface area (Å²) < 4.78 is 11.0. The number of anilines is 1. The second kappa shape index (κ2) is 10.9. The summed E-state index contributed by atoms with van der Waals surface area (Å²) in [5, 5.41) is 12.0. The van der Waals surface area contributed by atoms with Crippen molar-refractivity contribution in [3.63, 3.8) is 0 Å². The van der Waals surface area contributed by atoms with E-state index in [0.717, 1.165) is 56.1 Å². The van der Waals surface area contributed by atoms with Gasteiger partial charge in [-0.05, 0) is 79.0 Å². The van der Waals surface area contributed by atoms with Gasteiger partial charge in [0.15, 0.2) is 0 Å². The molecule has 1 unspecified atom stereocenters. The molecule has 3 saturated heterocycles. The van der Waals surface area contributed by atoms with Crippen molar-refractivity contribution in [2.24, 2.45) is 5.41 Å². The molecule has 11 heteroatoms. The number of cyclic esters (lactones) is 1. The number of piperidine rings is 2. The Morgan fingerprint density at radius 2 is 1.90 bits per heavy atom. The fourth-order valence-electron chi connectivity index (χ4n) is 5.97. The highest BCUT2D eigenvalue weighted by Gasteiger charge is 2.54. The maximum atomic E-state index is 13.6. The number of aliphatic carboxylic acids is 1. The summed E-state index contributed by atoms with van der Waals surface area (Å²) in [4.78, 5) is 54.5. The monoisotopic (exact) mass is 561 g/mol. The summed E-state index contributed by atoms with van der Waals surface area (Å²) in [6.07, 6.45) is 5.82. The molecule has 10 nitrogen and oxygen atoms in total. The van der Waals surface area contributed by atoms with Gasteiger partial charge in [-0.1, -0.05) is 0 Å². The van der Waals surface area contributed by atoms with Crippen LogP contribution in [0.3, 0.4) is 0 Å². The number of ether oxygens (including phenoxy) is 2.